The SMILES string of the molecule is CNCc1c(-c2ccc(Br)cc2)ncn1C. The summed E-state index contributed by atoms with van der Waals surface area (Å²) >= 11 is 3.43. The zero-order valence-electron chi connectivity index (χ0n) is 9.37. The Morgan fingerprint density at radius 2 is 2.00 bits per heavy atom. The van der Waals surface area contributed by atoms with Gasteiger partial charge in [0, 0.05) is 23.6 Å². The van der Waals surface area contributed by atoms with Gasteiger partial charge in [-0.3, -0.25) is 0 Å². The van der Waals surface area contributed by atoms with Gasteiger partial charge in [-0.15, -0.1) is 0 Å². The molecule has 0 atom stereocenters. The average Bonchev–Trinajstić information content (AvgIpc) is 2.63. The molecular formula is C12H14BrN3. The Labute approximate surface area is 104 Å². The summed E-state index contributed by atoms with van der Waals surface area (Å²) < 4.78 is 3.13. The predicted molar refractivity (Wildman–Crippen MR) is 69.1 cm³/mol. The Kier molecular flexibility index (Phi) is 3.41. The molecule has 1 heterocycles. The third kappa shape index (κ3) is 2.18. The van der Waals surface area contributed by atoms with Gasteiger partial charge < -0.3 is 9.88 Å². The van der Waals surface area contributed by atoms with Crippen molar-refractivity contribution in [1.29, 1.82) is 0 Å². The highest BCUT2D eigenvalue weighted by molar-refractivity contribution is 9.10. The molecule has 0 saturated carbocycles. The van der Waals surface area contributed by atoms with E-state index in [2.05, 4.69) is 38.4 Å². The molecule has 3 nitrogen and oxygen atoms in total. The van der Waals surface area contributed by atoms with Crippen LogP contribution in [-0.2, 0) is 13.6 Å². The van der Waals surface area contributed by atoms with E-state index >= 15 is 0 Å². The number of nitrogens with one attached hydrogen (secondary N) is 1. The van der Waals surface area contributed by atoms with E-state index in [-0.39, 0.29) is 0 Å². The van der Waals surface area contributed by atoms with Crippen LogP contribution in [-0.4, -0.2) is 16.6 Å². The van der Waals surface area contributed by atoms with Crippen LogP contribution in [0.4, 0.5) is 0 Å². The highest BCUT2D eigenvalue weighted by Crippen LogP contribution is 2.23. The van der Waals surface area contributed by atoms with E-state index < -0.39 is 0 Å². The molecule has 0 spiro atoms. The minimum atomic E-state index is 0.821. The van der Waals surface area contributed by atoms with Gasteiger partial charge in [-0.2, -0.15) is 0 Å². The van der Waals surface area contributed by atoms with Gasteiger partial charge in [0.2, 0.25) is 0 Å². The zero-order chi connectivity index (χ0) is 11.5. The standard InChI is InChI=1S/C12H14BrN3/c1-14-7-11-12(15-8-16(11)2)9-3-5-10(13)6-4-9/h3-6,8,14H,7H2,1-2H3. The Morgan fingerprint density at radius 3 is 2.62 bits per heavy atom. The topological polar surface area (TPSA) is 29.9 Å². The van der Waals surface area contributed by atoms with Crippen LogP contribution in [0.15, 0.2) is 35.1 Å². The largest absolute Gasteiger partial charge is 0.336 e. The van der Waals surface area contributed by atoms with Crippen molar-refractivity contribution in [2.24, 2.45) is 7.05 Å². The molecule has 1 aromatic heterocycles. The molecule has 1 aromatic carbocycles. The van der Waals surface area contributed by atoms with E-state index in [1.807, 2.05) is 37.1 Å². The van der Waals surface area contributed by atoms with Crippen molar-refractivity contribution >= 4 is 15.9 Å². The monoisotopic (exact) mass is 279 g/mol. The van der Waals surface area contributed by atoms with Gasteiger partial charge in [-0.05, 0) is 19.2 Å². The second-order valence-corrected chi connectivity index (χ2v) is 4.60. The van der Waals surface area contributed by atoms with Gasteiger partial charge in [0.25, 0.3) is 0 Å². The summed E-state index contributed by atoms with van der Waals surface area (Å²) in [4.78, 5) is 4.44. The van der Waals surface area contributed by atoms with Gasteiger partial charge in [0.15, 0.2) is 0 Å². The number of imidazole rings is 1. The molecule has 0 radical (unpaired) electrons. The lowest BCUT2D eigenvalue weighted by molar-refractivity contribution is 0.735. The molecule has 0 unspecified atom stereocenters. The van der Waals surface area contributed by atoms with Crippen molar-refractivity contribution in [3.05, 3.63) is 40.8 Å². The summed E-state index contributed by atoms with van der Waals surface area (Å²) in [5.74, 6) is 0. The lowest BCUT2D eigenvalue weighted by Crippen LogP contribution is -2.09. The molecule has 16 heavy (non-hydrogen) atoms. The molecule has 0 aliphatic rings. The molecule has 0 aliphatic heterocycles. The third-order valence-corrected chi connectivity index (χ3v) is 3.05. The molecule has 2 rings (SSSR count). The van der Waals surface area contributed by atoms with Gasteiger partial charge in [-0.25, -0.2) is 4.98 Å². The molecule has 2 aromatic rings. The van der Waals surface area contributed by atoms with E-state index in [0.717, 1.165) is 22.3 Å². The zero-order valence-corrected chi connectivity index (χ0v) is 11.0. The lowest BCUT2D eigenvalue weighted by atomic mass is 10.1. The first-order valence-electron chi connectivity index (χ1n) is 5.13. The molecule has 0 fully saturated rings. The van der Waals surface area contributed by atoms with Crippen molar-refractivity contribution in [2.45, 2.75) is 6.54 Å². The maximum absolute atomic E-state index is 4.44. The molecular weight excluding hydrogens is 266 g/mol. The van der Waals surface area contributed by atoms with Crippen LogP contribution >= 0.6 is 15.9 Å². The fraction of sp³-hybridized carbons (Fsp3) is 0.250. The summed E-state index contributed by atoms with van der Waals surface area (Å²) in [5.41, 5.74) is 3.39. The summed E-state index contributed by atoms with van der Waals surface area (Å²) in [7, 11) is 3.96. The Balaban J connectivity index is 2.43. The van der Waals surface area contributed by atoms with E-state index in [1.54, 1.807) is 0 Å². The fourth-order valence-electron chi connectivity index (χ4n) is 1.68. The summed E-state index contributed by atoms with van der Waals surface area (Å²) in [5, 5.41) is 3.16. The Hall–Kier alpha value is -1.13. The van der Waals surface area contributed by atoms with E-state index in [1.165, 1.54) is 5.69 Å². The molecule has 1 N–H and O–H groups in total. The molecule has 0 amide bonds. The quantitative estimate of drug-likeness (QED) is 0.936. The van der Waals surface area contributed by atoms with E-state index in [4.69, 9.17) is 0 Å². The number of aromatic nitrogens is 2. The summed E-state index contributed by atoms with van der Waals surface area (Å²) in [6.45, 7) is 0.821. The lowest BCUT2D eigenvalue weighted by Gasteiger charge is -2.05. The highest BCUT2D eigenvalue weighted by Gasteiger charge is 2.09. The van der Waals surface area contributed by atoms with Crippen LogP contribution < -0.4 is 5.32 Å². The van der Waals surface area contributed by atoms with Gasteiger partial charge in [0.1, 0.15) is 0 Å². The first-order chi connectivity index (χ1) is 7.72. The predicted octanol–water partition coefficient (Wildman–Crippen LogP) is 2.57. The van der Waals surface area contributed by atoms with Crippen LogP contribution in [0.1, 0.15) is 5.69 Å². The second-order valence-electron chi connectivity index (χ2n) is 3.69. The van der Waals surface area contributed by atoms with Gasteiger partial charge in [-0.1, -0.05) is 28.1 Å². The molecule has 0 bridgehead atoms. The van der Waals surface area contributed by atoms with Crippen molar-refractivity contribution in [3.8, 4) is 11.3 Å². The molecule has 84 valence electrons. The van der Waals surface area contributed by atoms with Crippen LogP contribution in [0.5, 0.6) is 0 Å². The highest BCUT2D eigenvalue weighted by atomic mass is 79.9. The Bertz CT molecular complexity index is 474. The van der Waals surface area contributed by atoms with E-state index in [0.29, 0.717) is 0 Å². The maximum Gasteiger partial charge on any atom is 0.0953 e. The minimum Gasteiger partial charge on any atom is -0.336 e. The van der Waals surface area contributed by atoms with E-state index in [9.17, 15) is 0 Å². The van der Waals surface area contributed by atoms with Crippen LogP contribution in [0.3, 0.4) is 0 Å². The van der Waals surface area contributed by atoms with Gasteiger partial charge in [0.05, 0.1) is 17.7 Å². The smallest absolute Gasteiger partial charge is 0.0953 e. The summed E-state index contributed by atoms with van der Waals surface area (Å²) in [6, 6.07) is 8.22. The number of aryl methyl sites for hydroxylation is 1. The first-order valence-corrected chi connectivity index (χ1v) is 5.92. The van der Waals surface area contributed by atoms with Crippen molar-refractivity contribution in [2.75, 3.05) is 7.05 Å². The number of hydrogen-bond acceptors (Lipinski definition) is 2. The first kappa shape index (κ1) is 11.4. The molecule has 0 saturated heterocycles. The number of hydrogen-bond donors (Lipinski definition) is 1. The number of benzene rings is 1. The van der Waals surface area contributed by atoms with Crippen molar-refractivity contribution in [3.63, 3.8) is 0 Å². The summed E-state index contributed by atoms with van der Waals surface area (Å²) in [6.07, 6.45) is 1.85. The van der Waals surface area contributed by atoms with Crippen LogP contribution in [0.25, 0.3) is 11.3 Å². The molecule has 0 aliphatic carbocycles. The van der Waals surface area contributed by atoms with Gasteiger partial charge >= 0.3 is 0 Å². The number of halogens is 1. The van der Waals surface area contributed by atoms with Crippen molar-refractivity contribution < 1.29 is 0 Å². The second kappa shape index (κ2) is 4.80. The number of nitrogens with zero attached hydrogens (tertiary/aromatic N) is 2. The Morgan fingerprint density at radius 1 is 1.31 bits per heavy atom. The third-order valence-electron chi connectivity index (χ3n) is 2.52. The average molecular weight is 280 g/mol. The van der Waals surface area contributed by atoms with Crippen LogP contribution in [0, 0.1) is 0 Å². The van der Waals surface area contributed by atoms with Crippen LogP contribution in [0.2, 0.25) is 0 Å². The fourth-order valence-corrected chi connectivity index (χ4v) is 1.94. The molecule has 4 heteroatoms. The maximum atomic E-state index is 4.44. The normalized spacial score (nSPS) is 10.7. The number of rotatable bonds is 3. The minimum absolute atomic E-state index is 0.821. The van der Waals surface area contributed by atoms with Crippen molar-refractivity contribution in [1.82, 2.24) is 14.9 Å².